The number of morpholine rings is 1. The van der Waals surface area contributed by atoms with Crippen LogP contribution in [0.15, 0.2) is 30.3 Å². The molecule has 1 aromatic rings. The molecular formula is C19H28NO5P. The van der Waals surface area contributed by atoms with Crippen molar-refractivity contribution in [1.82, 2.24) is 5.32 Å². The summed E-state index contributed by atoms with van der Waals surface area (Å²) in [5, 5.41) is 2.42. The lowest BCUT2D eigenvalue weighted by Crippen LogP contribution is -2.67. The summed E-state index contributed by atoms with van der Waals surface area (Å²) in [6.07, 6.45) is 3.09. The summed E-state index contributed by atoms with van der Waals surface area (Å²) < 4.78 is 30.9. The summed E-state index contributed by atoms with van der Waals surface area (Å²) in [4.78, 5) is 12.6. The molecule has 0 bridgehead atoms. The molecule has 1 aromatic carbocycles. The third-order valence-corrected chi connectivity index (χ3v) is 7.96. The largest absolute Gasteiger partial charge is 0.459 e. The number of hydrogen-bond donors (Lipinski definition) is 1. The summed E-state index contributed by atoms with van der Waals surface area (Å²) in [5.41, 5.74) is 1.02. The van der Waals surface area contributed by atoms with Gasteiger partial charge in [0.15, 0.2) is 5.28 Å². The van der Waals surface area contributed by atoms with Gasteiger partial charge in [0.05, 0.1) is 13.2 Å². The minimum atomic E-state index is -3.50. The highest BCUT2D eigenvalue weighted by molar-refractivity contribution is 7.55. The monoisotopic (exact) mass is 381 g/mol. The Labute approximate surface area is 155 Å². The van der Waals surface area contributed by atoms with Crippen molar-refractivity contribution in [2.75, 3.05) is 13.2 Å². The number of ether oxygens (including phenoxy) is 1. The predicted octanol–water partition coefficient (Wildman–Crippen LogP) is 3.65. The number of carbonyl (C=O) groups excluding carboxylic acids is 1. The summed E-state index contributed by atoms with van der Waals surface area (Å²) in [6.45, 7) is 4.17. The van der Waals surface area contributed by atoms with Crippen LogP contribution in [0.3, 0.4) is 0 Å². The normalized spacial score (nSPS) is 29.1. The van der Waals surface area contributed by atoms with Gasteiger partial charge < -0.3 is 13.8 Å². The van der Waals surface area contributed by atoms with Gasteiger partial charge in [0.2, 0.25) is 0 Å². The van der Waals surface area contributed by atoms with E-state index in [0.29, 0.717) is 19.3 Å². The number of benzene rings is 1. The van der Waals surface area contributed by atoms with Crippen LogP contribution in [0, 0.1) is 0 Å². The highest BCUT2D eigenvalue weighted by atomic mass is 31.2. The Hall–Kier alpha value is -1.20. The van der Waals surface area contributed by atoms with Crippen LogP contribution in [0.1, 0.15) is 45.1 Å². The zero-order chi connectivity index (χ0) is 18.6. The minimum absolute atomic E-state index is 0.282. The number of esters is 1. The van der Waals surface area contributed by atoms with Gasteiger partial charge in [0.1, 0.15) is 12.1 Å². The average molecular weight is 381 g/mol. The Balaban J connectivity index is 1.93. The number of rotatable bonds is 7. The van der Waals surface area contributed by atoms with Gasteiger partial charge >= 0.3 is 13.6 Å². The smallest absolute Gasteiger partial charge is 0.354 e. The average Bonchev–Trinajstić information content (AvgIpc) is 2.63. The van der Waals surface area contributed by atoms with E-state index in [0.717, 1.165) is 18.4 Å². The topological polar surface area (TPSA) is 73.9 Å². The summed E-state index contributed by atoms with van der Waals surface area (Å²) in [7, 11) is -3.50. The summed E-state index contributed by atoms with van der Waals surface area (Å²) >= 11 is 0. The second kappa shape index (κ2) is 8.22. The molecule has 144 valence electrons. The third kappa shape index (κ3) is 3.61. The van der Waals surface area contributed by atoms with Crippen LogP contribution < -0.4 is 5.32 Å². The van der Waals surface area contributed by atoms with Crippen molar-refractivity contribution in [2.24, 2.45) is 0 Å². The lowest BCUT2D eigenvalue weighted by molar-refractivity contribution is -0.165. The van der Waals surface area contributed by atoms with Crippen LogP contribution in [0.4, 0.5) is 0 Å². The maximum Gasteiger partial charge on any atom is 0.354 e. The Morgan fingerprint density at radius 2 is 1.88 bits per heavy atom. The van der Waals surface area contributed by atoms with E-state index in [-0.39, 0.29) is 19.2 Å². The SMILES string of the molecule is CCOP(=O)(OCC)[C@@]12CCCC[C@@H]1OC(=O)[C@H](Cc1ccccc1)N2. The molecule has 1 saturated carbocycles. The Bertz CT molecular complexity index is 657. The fraction of sp³-hybridized carbons (Fsp3) is 0.632. The third-order valence-electron chi connectivity index (χ3n) is 5.14. The highest BCUT2D eigenvalue weighted by Crippen LogP contribution is 2.65. The van der Waals surface area contributed by atoms with Gasteiger partial charge in [-0.15, -0.1) is 0 Å². The summed E-state index contributed by atoms with van der Waals surface area (Å²) in [6, 6.07) is 9.19. The first-order valence-corrected chi connectivity index (χ1v) is 11.0. The predicted molar refractivity (Wildman–Crippen MR) is 99.0 cm³/mol. The molecule has 3 rings (SSSR count). The maximum atomic E-state index is 13.7. The van der Waals surface area contributed by atoms with Crippen molar-refractivity contribution >= 4 is 13.6 Å². The van der Waals surface area contributed by atoms with E-state index in [2.05, 4.69) is 5.32 Å². The van der Waals surface area contributed by atoms with Crippen LogP contribution in [0.2, 0.25) is 0 Å². The molecule has 7 heteroatoms. The lowest BCUT2D eigenvalue weighted by Gasteiger charge is -2.51. The first-order valence-electron chi connectivity index (χ1n) is 9.46. The highest BCUT2D eigenvalue weighted by Gasteiger charge is 2.62. The Morgan fingerprint density at radius 1 is 1.19 bits per heavy atom. The fourth-order valence-electron chi connectivity index (χ4n) is 4.01. The number of fused-ring (bicyclic) bond motifs is 1. The number of hydrogen-bond acceptors (Lipinski definition) is 6. The van der Waals surface area contributed by atoms with Crippen LogP contribution in [0.5, 0.6) is 0 Å². The van der Waals surface area contributed by atoms with Crippen molar-refractivity contribution in [3.8, 4) is 0 Å². The Morgan fingerprint density at radius 3 is 2.54 bits per heavy atom. The van der Waals surface area contributed by atoms with Gasteiger partial charge in [-0.3, -0.25) is 14.7 Å². The summed E-state index contributed by atoms with van der Waals surface area (Å²) in [5.74, 6) is -0.295. The molecular weight excluding hydrogens is 353 g/mol. The Kier molecular flexibility index (Phi) is 6.18. The van der Waals surface area contributed by atoms with E-state index in [1.807, 2.05) is 30.3 Å². The van der Waals surface area contributed by atoms with Gasteiger partial charge in [-0.25, -0.2) is 0 Å². The fourth-order valence-corrected chi connectivity index (χ4v) is 6.51. The standard InChI is InChI=1S/C19H28NO5P/c1-3-23-26(22,24-4-2)19-13-9-8-12-17(19)25-18(21)16(20-19)14-15-10-6-5-7-11-15/h5-7,10-11,16-17,20H,3-4,8-9,12-14H2,1-2H3/t16-,17-,19-/m0/s1. The van der Waals surface area contributed by atoms with Crippen molar-refractivity contribution in [1.29, 1.82) is 0 Å². The molecule has 0 aromatic heterocycles. The molecule has 26 heavy (non-hydrogen) atoms. The minimum Gasteiger partial charge on any atom is -0.459 e. The van der Waals surface area contributed by atoms with E-state index in [1.54, 1.807) is 13.8 Å². The molecule has 1 aliphatic carbocycles. The maximum absolute atomic E-state index is 13.7. The van der Waals surface area contributed by atoms with Crippen molar-refractivity contribution < 1.29 is 23.1 Å². The molecule has 1 heterocycles. The second-order valence-corrected chi connectivity index (χ2v) is 9.12. The van der Waals surface area contributed by atoms with Crippen LogP contribution >= 0.6 is 7.60 Å². The molecule has 2 fully saturated rings. The van der Waals surface area contributed by atoms with Gasteiger partial charge in [-0.1, -0.05) is 36.8 Å². The van der Waals surface area contributed by atoms with Crippen molar-refractivity contribution in [2.45, 2.75) is 63.4 Å². The molecule has 0 radical (unpaired) electrons. The zero-order valence-corrected chi connectivity index (χ0v) is 16.4. The van der Waals surface area contributed by atoms with E-state index < -0.39 is 25.0 Å². The first kappa shape index (κ1) is 19.6. The second-order valence-electron chi connectivity index (χ2n) is 6.82. The van der Waals surface area contributed by atoms with Crippen LogP contribution in [-0.2, 0) is 29.6 Å². The van der Waals surface area contributed by atoms with Crippen LogP contribution in [0.25, 0.3) is 0 Å². The van der Waals surface area contributed by atoms with Gasteiger partial charge in [-0.2, -0.15) is 0 Å². The van der Waals surface area contributed by atoms with Crippen LogP contribution in [-0.4, -0.2) is 36.6 Å². The first-order chi connectivity index (χ1) is 12.5. The quantitative estimate of drug-likeness (QED) is 0.574. The van der Waals surface area contributed by atoms with E-state index >= 15 is 0 Å². The van der Waals surface area contributed by atoms with Crippen molar-refractivity contribution in [3.05, 3.63) is 35.9 Å². The van der Waals surface area contributed by atoms with Gasteiger partial charge in [0.25, 0.3) is 0 Å². The number of carbonyl (C=O) groups is 1. The number of nitrogens with one attached hydrogen (secondary N) is 1. The molecule has 1 aliphatic heterocycles. The van der Waals surface area contributed by atoms with Gasteiger partial charge in [-0.05, 0) is 45.1 Å². The molecule has 1 N–H and O–H groups in total. The molecule has 6 nitrogen and oxygen atoms in total. The van der Waals surface area contributed by atoms with E-state index in [9.17, 15) is 9.36 Å². The zero-order valence-electron chi connectivity index (χ0n) is 15.5. The molecule has 3 atom stereocenters. The molecule has 1 saturated heterocycles. The molecule has 0 spiro atoms. The van der Waals surface area contributed by atoms with Crippen molar-refractivity contribution in [3.63, 3.8) is 0 Å². The molecule has 2 aliphatic rings. The lowest BCUT2D eigenvalue weighted by atomic mass is 9.88. The van der Waals surface area contributed by atoms with E-state index in [1.165, 1.54) is 0 Å². The molecule has 0 amide bonds. The molecule has 0 unspecified atom stereocenters. The van der Waals surface area contributed by atoms with Gasteiger partial charge in [0, 0.05) is 0 Å². The van der Waals surface area contributed by atoms with E-state index in [4.69, 9.17) is 13.8 Å².